The van der Waals surface area contributed by atoms with Gasteiger partial charge in [-0.3, -0.25) is 4.79 Å². The fourth-order valence-electron chi connectivity index (χ4n) is 2.88. The van der Waals surface area contributed by atoms with Crippen molar-refractivity contribution in [3.05, 3.63) is 35.9 Å². The number of esters is 1. The van der Waals surface area contributed by atoms with Crippen LogP contribution in [0.25, 0.3) is 0 Å². The van der Waals surface area contributed by atoms with Gasteiger partial charge >= 0.3 is 5.97 Å². The Morgan fingerprint density at radius 3 is 2.62 bits per heavy atom. The number of rotatable bonds is 3. The number of methoxy groups -OCH3 is 1. The summed E-state index contributed by atoms with van der Waals surface area (Å²) in [4.78, 5) is 11.3. The van der Waals surface area contributed by atoms with E-state index in [0.717, 1.165) is 12.3 Å². The highest BCUT2D eigenvalue weighted by molar-refractivity contribution is 5.75. The molecule has 0 aromatic heterocycles. The molecule has 84 valence electrons. The van der Waals surface area contributed by atoms with Crippen LogP contribution in [0, 0.1) is 17.8 Å². The Balaban J connectivity index is 1.60. The van der Waals surface area contributed by atoms with E-state index < -0.39 is 0 Å². The topological polar surface area (TPSA) is 26.3 Å². The lowest BCUT2D eigenvalue weighted by atomic mass is 10.1. The number of carbonyl (C=O) groups excluding carboxylic acids is 1. The van der Waals surface area contributed by atoms with Gasteiger partial charge in [0.2, 0.25) is 0 Å². The van der Waals surface area contributed by atoms with E-state index in [1.807, 2.05) is 0 Å². The van der Waals surface area contributed by atoms with Crippen LogP contribution in [-0.2, 0) is 9.53 Å². The molecule has 2 aliphatic rings. The molecule has 2 nitrogen and oxygen atoms in total. The van der Waals surface area contributed by atoms with Crippen molar-refractivity contribution in [3.63, 3.8) is 0 Å². The maximum absolute atomic E-state index is 11.3. The molecule has 0 spiro atoms. The summed E-state index contributed by atoms with van der Waals surface area (Å²) in [6.07, 6.45) is 2.29. The highest BCUT2D eigenvalue weighted by atomic mass is 16.5. The summed E-state index contributed by atoms with van der Waals surface area (Å²) in [6.45, 7) is 0. The van der Waals surface area contributed by atoms with E-state index in [1.54, 1.807) is 0 Å². The third-order valence-corrected chi connectivity index (χ3v) is 3.96. The molecule has 0 heterocycles. The lowest BCUT2D eigenvalue weighted by Crippen LogP contribution is -2.05. The van der Waals surface area contributed by atoms with Gasteiger partial charge in [0.05, 0.1) is 13.0 Å². The van der Waals surface area contributed by atoms with Crippen molar-refractivity contribution in [3.8, 4) is 0 Å². The van der Waals surface area contributed by atoms with Crippen LogP contribution in [0.15, 0.2) is 30.3 Å². The number of benzene rings is 1. The summed E-state index contributed by atoms with van der Waals surface area (Å²) < 4.78 is 4.78. The van der Waals surface area contributed by atoms with Crippen LogP contribution in [-0.4, -0.2) is 13.1 Å². The highest BCUT2D eigenvalue weighted by Gasteiger charge is 2.56. The molecule has 0 N–H and O–H groups in total. The zero-order valence-electron chi connectivity index (χ0n) is 9.43. The maximum Gasteiger partial charge on any atom is 0.308 e. The van der Waals surface area contributed by atoms with Crippen LogP contribution in [0.5, 0.6) is 0 Å². The zero-order chi connectivity index (χ0) is 11.1. The number of ether oxygens (including phenoxy) is 1. The van der Waals surface area contributed by atoms with Crippen molar-refractivity contribution in [2.24, 2.45) is 17.8 Å². The van der Waals surface area contributed by atoms with Gasteiger partial charge in [-0.05, 0) is 36.2 Å². The van der Waals surface area contributed by atoms with Gasteiger partial charge in [0.1, 0.15) is 0 Å². The normalized spacial score (nSPS) is 35.6. The first-order chi connectivity index (χ1) is 7.81. The Morgan fingerprint density at radius 2 is 1.94 bits per heavy atom. The summed E-state index contributed by atoms with van der Waals surface area (Å²) in [6, 6.07) is 10.6. The molecule has 4 atom stereocenters. The third-order valence-electron chi connectivity index (χ3n) is 3.96. The molecular formula is C14H16O2. The summed E-state index contributed by atoms with van der Waals surface area (Å²) in [5, 5.41) is 0. The van der Waals surface area contributed by atoms with Gasteiger partial charge < -0.3 is 4.74 Å². The Bertz CT molecular complexity index is 398. The summed E-state index contributed by atoms with van der Waals surface area (Å²) in [5.74, 6) is 2.21. The molecule has 0 saturated heterocycles. The van der Waals surface area contributed by atoms with E-state index in [-0.39, 0.29) is 11.9 Å². The quantitative estimate of drug-likeness (QED) is 0.726. The van der Waals surface area contributed by atoms with Crippen LogP contribution < -0.4 is 0 Å². The molecule has 0 bridgehead atoms. The van der Waals surface area contributed by atoms with Crippen LogP contribution >= 0.6 is 0 Å². The summed E-state index contributed by atoms with van der Waals surface area (Å²) in [5.41, 5.74) is 1.43. The average Bonchev–Trinajstić information content (AvgIpc) is 3.19. The maximum atomic E-state index is 11.3. The standard InChI is InChI=1S/C14H16O2/c1-16-14(15)13-8-12(13)11-7-10(11)9-5-3-2-4-6-9/h2-6,10-13H,7-8H2,1H3. The molecule has 1 aromatic carbocycles. The minimum absolute atomic E-state index is 0.0105. The number of hydrogen-bond acceptors (Lipinski definition) is 2. The lowest BCUT2D eigenvalue weighted by Gasteiger charge is -1.99. The molecule has 2 saturated carbocycles. The molecule has 2 fully saturated rings. The molecule has 2 aliphatic carbocycles. The molecule has 16 heavy (non-hydrogen) atoms. The summed E-state index contributed by atoms with van der Waals surface area (Å²) >= 11 is 0. The Morgan fingerprint density at radius 1 is 1.19 bits per heavy atom. The first kappa shape index (κ1) is 9.88. The van der Waals surface area contributed by atoms with Crippen molar-refractivity contribution in [1.29, 1.82) is 0 Å². The van der Waals surface area contributed by atoms with Crippen molar-refractivity contribution in [1.82, 2.24) is 0 Å². The van der Waals surface area contributed by atoms with Crippen molar-refractivity contribution in [2.45, 2.75) is 18.8 Å². The monoisotopic (exact) mass is 216 g/mol. The molecule has 0 aliphatic heterocycles. The van der Waals surface area contributed by atoms with Crippen molar-refractivity contribution in [2.75, 3.05) is 7.11 Å². The molecule has 1 aromatic rings. The molecule has 0 radical (unpaired) electrons. The average molecular weight is 216 g/mol. The molecule has 2 heteroatoms. The fourth-order valence-corrected chi connectivity index (χ4v) is 2.88. The van der Waals surface area contributed by atoms with Crippen LogP contribution in [0.3, 0.4) is 0 Å². The first-order valence-corrected chi connectivity index (χ1v) is 5.94. The predicted octanol–water partition coefficient (Wildman–Crippen LogP) is 2.60. The lowest BCUT2D eigenvalue weighted by molar-refractivity contribution is -0.142. The molecular weight excluding hydrogens is 200 g/mol. The number of carbonyl (C=O) groups is 1. The zero-order valence-corrected chi connectivity index (χ0v) is 9.43. The predicted molar refractivity (Wildman–Crippen MR) is 60.9 cm³/mol. The molecule has 0 amide bonds. The van der Waals surface area contributed by atoms with Gasteiger partial charge in [-0.15, -0.1) is 0 Å². The van der Waals surface area contributed by atoms with E-state index in [9.17, 15) is 4.79 Å². The largest absolute Gasteiger partial charge is 0.469 e. The second-order valence-electron chi connectivity index (χ2n) is 4.95. The van der Waals surface area contributed by atoms with Gasteiger partial charge in [-0.2, -0.15) is 0 Å². The van der Waals surface area contributed by atoms with Crippen LogP contribution in [0.4, 0.5) is 0 Å². The smallest absolute Gasteiger partial charge is 0.308 e. The second-order valence-corrected chi connectivity index (χ2v) is 4.95. The molecule has 3 rings (SSSR count). The SMILES string of the molecule is COC(=O)C1CC1C1CC1c1ccccc1. The van der Waals surface area contributed by atoms with E-state index in [1.165, 1.54) is 19.1 Å². The highest BCUT2D eigenvalue weighted by Crippen LogP contribution is 2.62. The number of hydrogen-bond donors (Lipinski definition) is 0. The van der Waals surface area contributed by atoms with Gasteiger partial charge in [0, 0.05) is 0 Å². The fraction of sp³-hybridized carbons (Fsp3) is 0.500. The van der Waals surface area contributed by atoms with Crippen molar-refractivity contribution >= 4 is 5.97 Å². The summed E-state index contributed by atoms with van der Waals surface area (Å²) in [7, 11) is 1.49. The van der Waals surface area contributed by atoms with Gasteiger partial charge in [-0.25, -0.2) is 0 Å². The first-order valence-electron chi connectivity index (χ1n) is 5.94. The minimum Gasteiger partial charge on any atom is -0.469 e. The van der Waals surface area contributed by atoms with Crippen LogP contribution in [0.1, 0.15) is 24.3 Å². The Kier molecular flexibility index (Phi) is 2.23. The van der Waals surface area contributed by atoms with Gasteiger partial charge in [0.25, 0.3) is 0 Å². The van der Waals surface area contributed by atoms with Gasteiger partial charge in [0.15, 0.2) is 0 Å². The van der Waals surface area contributed by atoms with E-state index in [2.05, 4.69) is 30.3 Å². The Labute approximate surface area is 95.6 Å². The van der Waals surface area contributed by atoms with E-state index in [0.29, 0.717) is 11.8 Å². The third kappa shape index (κ3) is 1.62. The van der Waals surface area contributed by atoms with Crippen LogP contribution in [0.2, 0.25) is 0 Å². The minimum atomic E-state index is -0.0105. The Hall–Kier alpha value is -1.31. The second kappa shape index (κ2) is 3.62. The molecule has 4 unspecified atom stereocenters. The van der Waals surface area contributed by atoms with Gasteiger partial charge in [-0.1, -0.05) is 30.3 Å². The van der Waals surface area contributed by atoms with Crippen molar-refractivity contribution < 1.29 is 9.53 Å². The van der Waals surface area contributed by atoms with E-state index >= 15 is 0 Å². The van der Waals surface area contributed by atoms with E-state index in [4.69, 9.17) is 4.74 Å².